The molecule has 0 unspecified atom stereocenters. The van der Waals surface area contributed by atoms with Gasteiger partial charge in [-0.05, 0) is 29.8 Å². The highest BCUT2D eigenvalue weighted by Gasteiger charge is 2.05. The molecule has 0 aliphatic carbocycles. The third-order valence-corrected chi connectivity index (χ3v) is 3.16. The smallest absolute Gasteiger partial charge is 0.219 e. The summed E-state index contributed by atoms with van der Waals surface area (Å²) in [4.78, 5) is 4.09. The van der Waals surface area contributed by atoms with Crippen LogP contribution in [-0.4, -0.2) is 4.98 Å². The summed E-state index contributed by atoms with van der Waals surface area (Å²) in [6.07, 6.45) is 1.65. The number of alkyl halides is 1. The Labute approximate surface area is 118 Å². The predicted octanol–water partition coefficient (Wildman–Crippen LogP) is 5.03. The van der Waals surface area contributed by atoms with E-state index in [4.69, 9.17) is 27.9 Å². The van der Waals surface area contributed by atoms with Crippen molar-refractivity contribution in [3.05, 3.63) is 51.6 Å². The second-order valence-corrected chi connectivity index (χ2v) is 4.90. The van der Waals surface area contributed by atoms with E-state index in [1.54, 1.807) is 24.4 Å². The van der Waals surface area contributed by atoms with Crippen LogP contribution in [0.1, 0.15) is 5.56 Å². The van der Waals surface area contributed by atoms with Crippen LogP contribution in [0.5, 0.6) is 11.6 Å². The second-order valence-electron chi connectivity index (χ2n) is 3.31. The van der Waals surface area contributed by atoms with Crippen molar-refractivity contribution in [1.82, 2.24) is 4.98 Å². The van der Waals surface area contributed by atoms with Gasteiger partial charge in [0, 0.05) is 22.6 Å². The SMILES string of the molecule is ClCc1ccnc(Oc2ccc(Br)cc2Cl)c1. The number of pyridine rings is 1. The molecule has 0 atom stereocenters. The number of hydrogen-bond acceptors (Lipinski definition) is 2. The summed E-state index contributed by atoms with van der Waals surface area (Å²) in [7, 11) is 0. The van der Waals surface area contributed by atoms with Crippen LogP contribution < -0.4 is 4.74 Å². The van der Waals surface area contributed by atoms with Crippen molar-refractivity contribution in [3.63, 3.8) is 0 Å². The van der Waals surface area contributed by atoms with Crippen LogP contribution in [0.2, 0.25) is 5.02 Å². The zero-order valence-electron chi connectivity index (χ0n) is 8.66. The Morgan fingerprint density at radius 1 is 1.24 bits per heavy atom. The number of nitrogens with zero attached hydrogens (tertiary/aromatic N) is 1. The average molecular weight is 333 g/mol. The van der Waals surface area contributed by atoms with Crippen LogP contribution in [0.3, 0.4) is 0 Å². The zero-order valence-corrected chi connectivity index (χ0v) is 11.8. The van der Waals surface area contributed by atoms with Crippen LogP contribution in [0.4, 0.5) is 0 Å². The molecule has 5 heteroatoms. The molecule has 88 valence electrons. The van der Waals surface area contributed by atoms with Crippen molar-refractivity contribution in [2.24, 2.45) is 0 Å². The molecule has 1 aromatic heterocycles. The summed E-state index contributed by atoms with van der Waals surface area (Å²) in [6, 6.07) is 9.02. The normalized spacial score (nSPS) is 10.3. The quantitative estimate of drug-likeness (QED) is 0.735. The lowest BCUT2D eigenvalue weighted by atomic mass is 10.3. The summed E-state index contributed by atoms with van der Waals surface area (Å²) < 4.78 is 6.48. The Kier molecular flexibility index (Phi) is 4.26. The minimum absolute atomic E-state index is 0.424. The third kappa shape index (κ3) is 3.35. The van der Waals surface area contributed by atoms with Gasteiger partial charge in [-0.1, -0.05) is 27.5 Å². The molecule has 0 bridgehead atoms. The van der Waals surface area contributed by atoms with Crippen LogP contribution >= 0.6 is 39.1 Å². The molecule has 0 spiro atoms. The molecule has 0 aliphatic heterocycles. The zero-order chi connectivity index (χ0) is 12.3. The molecule has 2 aromatic rings. The minimum Gasteiger partial charge on any atom is -0.437 e. The lowest BCUT2D eigenvalue weighted by molar-refractivity contribution is 0.462. The van der Waals surface area contributed by atoms with Gasteiger partial charge in [-0.15, -0.1) is 11.6 Å². The van der Waals surface area contributed by atoms with E-state index in [2.05, 4.69) is 20.9 Å². The van der Waals surface area contributed by atoms with Crippen LogP contribution in [0.25, 0.3) is 0 Å². The van der Waals surface area contributed by atoms with Crippen molar-refractivity contribution >= 4 is 39.1 Å². The first-order chi connectivity index (χ1) is 8.19. The highest BCUT2D eigenvalue weighted by molar-refractivity contribution is 9.10. The maximum Gasteiger partial charge on any atom is 0.219 e. The number of ether oxygens (including phenoxy) is 1. The van der Waals surface area contributed by atoms with E-state index in [0.717, 1.165) is 10.0 Å². The molecule has 0 saturated carbocycles. The number of aromatic nitrogens is 1. The highest BCUT2D eigenvalue weighted by Crippen LogP contribution is 2.31. The number of benzene rings is 1. The second kappa shape index (κ2) is 5.71. The van der Waals surface area contributed by atoms with E-state index in [9.17, 15) is 0 Å². The largest absolute Gasteiger partial charge is 0.437 e. The molecule has 0 N–H and O–H groups in total. The van der Waals surface area contributed by atoms with Crippen LogP contribution in [0, 0.1) is 0 Å². The first kappa shape index (κ1) is 12.7. The van der Waals surface area contributed by atoms with Gasteiger partial charge < -0.3 is 4.74 Å². The Hall–Kier alpha value is -0.770. The van der Waals surface area contributed by atoms with Gasteiger partial charge in [0.25, 0.3) is 0 Å². The predicted molar refractivity (Wildman–Crippen MR) is 73.0 cm³/mol. The number of hydrogen-bond donors (Lipinski definition) is 0. The molecule has 0 amide bonds. The van der Waals surface area contributed by atoms with E-state index in [1.807, 2.05) is 12.1 Å². The maximum absolute atomic E-state index is 6.04. The first-order valence-electron chi connectivity index (χ1n) is 4.83. The molecular formula is C12H8BrCl2NO. The van der Waals surface area contributed by atoms with E-state index in [0.29, 0.717) is 22.5 Å². The lowest BCUT2D eigenvalue weighted by Crippen LogP contribution is -1.90. The lowest BCUT2D eigenvalue weighted by Gasteiger charge is -2.07. The van der Waals surface area contributed by atoms with Gasteiger partial charge >= 0.3 is 0 Å². The molecule has 0 fully saturated rings. The Morgan fingerprint density at radius 2 is 2.06 bits per heavy atom. The summed E-state index contributed by atoms with van der Waals surface area (Å²) in [5.41, 5.74) is 0.949. The Balaban J connectivity index is 2.25. The van der Waals surface area contributed by atoms with Crippen LogP contribution in [-0.2, 0) is 5.88 Å². The maximum atomic E-state index is 6.04. The van der Waals surface area contributed by atoms with Crippen molar-refractivity contribution in [2.75, 3.05) is 0 Å². The van der Waals surface area contributed by atoms with Crippen molar-refractivity contribution in [1.29, 1.82) is 0 Å². The molecule has 2 nitrogen and oxygen atoms in total. The van der Waals surface area contributed by atoms with Gasteiger partial charge in [-0.2, -0.15) is 0 Å². The Bertz CT molecular complexity index is 534. The van der Waals surface area contributed by atoms with Crippen molar-refractivity contribution < 1.29 is 4.74 Å². The standard InChI is InChI=1S/C12H8BrCl2NO/c13-9-1-2-11(10(15)6-9)17-12-5-8(7-14)3-4-16-12/h1-6H,7H2. The molecule has 1 heterocycles. The van der Waals surface area contributed by atoms with E-state index in [-0.39, 0.29) is 0 Å². The highest BCUT2D eigenvalue weighted by atomic mass is 79.9. The molecule has 17 heavy (non-hydrogen) atoms. The van der Waals surface area contributed by atoms with Crippen molar-refractivity contribution in [3.8, 4) is 11.6 Å². The topological polar surface area (TPSA) is 22.1 Å². The van der Waals surface area contributed by atoms with Gasteiger partial charge in [0.1, 0.15) is 5.75 Å². The van der Waals surface area contributed by atoms with E-state index in [1.165, 1.54) is 0 Å². The number of halogens is 3. The van der Waals surface area contributed by atoms with Gasteiger partial charge in [-0.3, -0.25) is 0 Å². The summed E-state index contributed by atoms with van der Waals surface area (Å²) in [5, 5.41) is 0.525. The Morgan fingerprint density at radius 3 is 2.76 bits per heavy atom. The number of rotatable bonds is 3. The van der Waals surface area contributed by atoms with Gasteiger partial charge in [0.05, 0.1) is 5.02 Å². The van der Waals surface area contributed by atoms with E-state index >= 15 is 0 Å². The molecule has 0 radical (unpaired) electrons. The summed E-state index contributed by atoms with van der Waals surface area (Å²) in [6.45, 7) is 0. The molecule has 2 rings (SSSR count). The first-order valence-corrected chi connectivity index (χ1v) is 6.53. The monoisotopic (exact) mass is 331 g/mol. The minimum atomic E-state index is 0.424. The fourth-order valence-electron chi connectivity index (χ4n) is 1.26. The average Bonchev–Trinajstić information content (AvgIpc) is 2.33. The van der Waals surface area contributed by atoms with Gasteiger partial charge in [0.2, 0.25) is 5.88 Å². The van der Waals surface area contributed by atoms with E-state index < -0.39 is 0 Å². The summed E-state index contributed by atoms with van der Waals surface area (Å²) in [5.74, 6) is 1.47. The van der Waals surface area contributed by atoms with Crippen LogP contribution in [0.15, 0.2) is 41.0 Å². The molecule has 0 saturated heterocycles. The third-order valence-electron chi connectivity index (χ3n) is 2.06. The van der Waals surface area contributed by atoms with Gasteiger partial charge in [-0.25, -0.2) is 4.98 Å². The van der Waals surface area contributed by atoms with Gasteiger partial charge in [0.15, 0.2) is 0 Å². The molecule has 1 aromatic carbocycles. The fraction of sp³-hybridized carbons (Fsp3) is 0.0833. The fourth-order valence-corrected chi connectivity index (χ4v) is 2.14. The molecule has 0 aliphatic rings. The van der Waals surface area contributed by atoms with Crippen molar-refractivity contribution in [2.45, 2.75) is 5.88 Å². The summed E-state index contributed by atoms with van der Waals surface area (Å²) >= 11 is 15.1. The molecular weight excluding hydrogens is 325 g/mol.